The number of ether oxygens (including phenoxy) is 1. The fourth-order valence-electron chi connectivity index (χ4n) is 3.21. The third-order valence-electron chi connectivity index (χ3n) is 4.75. The van der Waals surface area contributed by atoms with Crippen molar-refractivity contribution in [2.75, 3.05) is 25.6 Å². The third kappa shape index (κ3) is 4.93. The molecule has 152 valence electrons. The molecular formula is C22H25N3O3S. The van der Waals surface area contributed by atoms with Gasteiger partial charge in [0.05, 0.1) is 24.9 Å². The van der Waals surface area contributed by atoms with Gasteiger partial charge in [-0.25, -0.2) is 0 Å². The average molecular weight is 412 g/mol. The lowest BCUT2D eigenvalue weighted by Gasteiger charge is -2.26. The van der Waals surface area contributed by atoms with Crippen LogP contribution in [0.4, 0.5) is 5.69 Å². The van der Waals surface area contributed by atoms with Crippen molar-refractivity contribution in [2.45, 2.75) is 19.9 Å². The molecule has 1 heterocycles. The Hall–Kier alpha value is -2.90. The van der Waals surface area contributed by atoms with Gasteiger partial charge in [0, 0.05) is 18.7 Å². The molecular weight excluding hydrogens is 386 g/mol. The summed E-state index contributed by atoms with van der Waals surface area (Å²) >= 11 is 5.60. The number of hydrogen-bond acceptors (Lipinski definition) is 4. The van der Waals surface area contributed by atoms with E-state index < -0.39 is 0 Å². The molecule has 2 aromatic carbocycles. The Kier molecular flexibility index (Phi) is 6.85. The number of benzene rings is 2. The van der Waals surface area contributed by atoms with Gasteiger partial charge < -0.3 is 25.0 Å². The SMILES string of the molecule is COc1ccccc1NC(=S)N(CCCO)Cc1cc2cccc(C)c2[nH]c1=O. The van der Waals surface area contributed by atoms with Crippen LogP contribution in [-0.4, -0.2) is 40.4 Å². The number of H-pyrrole nitrogens is 1. The van der Waals surface area contributed by atoms with E-state index in [9.17, 15) is 9.90 Å². The van der Waals surface area contributed by atoms with Crippen molar-refractivity contribution in [1.29, 1.82) is 0 Å². The fourth-order valence-corrected chi connectivity index (χ4v) is 3.47. The highest BCUT2D eigenvalue weighted by Crippen LogP contribution is 2.24. The summed E-state index contributed by atoms with van der Waals surface area (Å²) < 4.78 is 5.37. The molecule has 29 heavy (non-hydrogen) atoms. The highest BCUT2D eigenvalue weighted by atomic mass is 32.1. The summed E-state index contributed by atoms with van der Waals surface area (Å²) in [5.74, 6) is 0.677. The standard InChI is InChI=1S/C22H25N3O3S/c1-15-7-5-8-16-13-17(21(27)24-20(15)16)14-25(11-6-12-26)22(29)23-18-9-3-4-10-19(18)28-2/h3-5,7-10,13,26H,6,11-12,14H2,1-2H3,(H,23,29)(H,24,27). The van der Waals surface area contributed by atoms with E-state index in [4.69, 9.17) is 17.0 Å². The number of nitrogens with one attached hydrogen (secondary N) is 2. The van der Waals surface area contributed by atoms with Crippen LogP contribution in [0.5, 0.6) is 5.75 Å². The minimum atomic E-state index is -0.138. The molecule has 0 saturated heterocycles. The van der Waals surface area contributed by atoms with Crippen LogP contribution in [0.1, 0.15) is 17.5 Å². The maximum absolute atomic E-state index is 12.7. The zero-order valence-corrected chi connectivity index (χ0v) is 17.4. The topological polar surface area (TPSA) is 77.6 Å². The number of rotatable bonds is 7. The van der Waals surface area contributed by atoms with E-state index in [0.717, 1.165) is 22.2 Å². The number of anilines is 1. The molecule has 0 aliphatic carbocycles. The quantitative estimate of drug-likeness (QED) is 0.517. The first-order valence-electron chi connectivity index (χ1n) is 9.45. The molecule has 0 aliphatic rings. The van der Waals surface area contributed by atoms with Crippen LogP contribution >= 0.6 is 12.2 Å². The molecule has 3 aromatic rings. The molecule has 0 saturated carbocycles. The molecule has 0 radical (unpaired) electrons. The molecule has 0 fully saturated rings. The highest BCUT2D eigenvalue weighted by Gasteiger charge is 2.15. The molecule has 0 aliphatic heterocycles. The minimum Gasteiger partial charge on any atom is -0.495 e. The lowest BCUT2D eigenvalue weighted by molar-refractivity contribution is 0.265. The number of aromatic amines is 1. The van der Waals surface area contributed by atoms with Crippen LogP contribution in [-0.2, 0) is 6.54 Å². The normalized spacial score (nSPS) is 10.7. The summed E-state index contributed by atoms with van der Waals surface area (Å²) in [5.41, 5.74) is 3.10. The van der Waals surface area contributed by atoms with Gasteiger partial charge in [-0.1, -0.05) is 30.3 Å². The van der Waals surface area contributed by atoms with Crippen molar-refractivity contribution >= 4 is 33.9 Å². The molecule has 0 amide bonds. The molecule has 6 nitrogen and oxygen atoms in total. The number of pyridine rings is 1. The number of fused-ring (bicyclic) bond motifs is 1. The highest BCUT2D eigenvalue weighted by molar-refractivity contribution is 7.80. The van der Waals surface area contributed by atoms with Gasteiger partial charge in [-0.05, 0) is 54.7 Å². The van der Waals surface area contributed by atoms with Crippen molar-refractivity contribution < 1.29 is 9.84 Å². The predicted molar refractivity (Wildman–Crippen MR) is 121 cm³/mol. The van der Waals surface area contributed by atoms with Crippen molar-refractivity contribution in [3.63, 3.8) is 0 Å². The van der Waals surface area contributed by atoms with E-state index in [0.29, 0.717) is 35.9 Å². The van der Waals surface area contributed by atoms with Gasteiger partial charge >= 0.3 is 0 Å². The second-order valence-corrected chi connectivity index (χ2v) is 7.18. The number of para-hydroxylation sites is 3. The Labute approximate surface area is 175 Å². The molecule has 3 N–H and O–H groups in total. The van der Waals surface area contributed by atoms with Crippen molar-refractivity contribution in [3.05, 3.63) is 70.0 Å². The fraction of sp³-hybridized carbons (Fsp3) is 0.273. The Morgan fingerprint density at radius 1 is 1.24 bits per heavy atom. The predicted octanol–water partition coefficient (Wildman–Crippen LogP) is 3.43. The van der Waals surface area contributed by atoms with Crippen LogP contribution in [0.15, 0.2) is 53.3 Å². The van der Waals surface area contributed by atoms with E-state index in [1.807, 2.05) is 60.4 Å². The molecule has 0 bridgehead atoms. The van der Waals surface area contributed by atoms with Gasteiger partial charge in [-0.3, -0.25) is 4.79 Å². The van der Waals surface area contributed by atoms with Crippen LogP contribution in [0.2, 0.25) is 0 Å². The number of aliphatic hydroxyl groups excluding tert-OH is 1. The summed E-state index contributed by atoms with van der Waals surface area (Å²) in [5, 5.41) is 13.9. The van der Waals surface area contributed by atoms with Crippen molar-refractivity contribution in [2.24, 2.45) is 0 Å². The average Bonchev–Trinajstić information content (AvgIpc) is 2.72. The van der Waals surface area contributed by atoms with E-state index in [1.54, 1.807) is 7.11 Å². The van der Waals surface area contributed by atoms with Crippen LogP contribution in [0, 0.1) is 6.92 Å². The van der Waals surface area contributed by atoms with Gasteiger partial charge in [0.25, 0.3) is 5.56 Å². The molecule has 7 heteroatoms. The lowest BCUT2D eigenvalue weighted by atomic mass is 10.1. The number of aryl methyl sites for hydroxylation is 1. The zero-order valence-electron chi connectivity index (χ0n) is 16.6. The maximum Gasteiger partial charge on any atom is 0.253 e. The molecule has 0 spiro atoms. The lowest BCUT2D eigenvalue weighted by Crippen LogP contribution is -2.37. The van der Waals surface area contributed by atoms with Crippen molar-refractivity contribution in [3.8, 4) is 5.75 Å². The summed E-state index contributed by atoms with van der Waals surface area (Å²) in [6, 6.07) is 15.3. The van der Waals surface area contributed by atoms with E-state index in [1.165, 1.54) is 0 Å². The number of nitrogens with zero attached hydrogens (tertiary/aromatic N) is 1. The van der Waals surface area contributed by atoms with Gasteiger partial charge in [-0.15, -0.1) is 0 Å². The van der Waals surface area contributed by atoms with E-state index >= 15 is 0 Å². The number of hydrogen-bond donors (Lipinski definition) is 3. The number of methoxy groups -OCH3 is 1. The van der Waals surface area contributed by atoms with E-state index in [-0.39, 0.29) is 12.2 Å². The third-order valence-corrected chi connectivity index (χ3v) is 5.11. The first-order chi connectivity index (χ1) is 14.0. The molecule has 3 rings (SSSR count). The first kappa shape index (κ1) is 20.8. The maximum atomic E-state index is 12.7. The van der Waals surface area contributed by atoms with Crippen LogP contribution in [0.3, 0.4) is 0 Å². The Balaban J connectivity index is 1.87. The summed E-state index contributed by atoms with van der Waals surface area (Å²) in [7, 11) is 1.60. The second kappa shape index (κ2) is 9.54. The minimum absolute atomic E-state index is 0.0427. The van der Waals surface area contributed by atoms with Gasteiger partial charge in [0.2, 0.25) is 0 Å². The first-order valence-corrected chi connectivity index (χ1v) is 9.85. The van der Waals surface area contributed by atoms with Crippen molar-refractivity contribution in [1.82, 2.24) is 9.88 Å². The smallest absolute Gasteiger partial charge is 0.253 e. The molecule has 1 aromatic heterocycles. The largest absolute Gasteiger partial charge is 0.495 e. The molecule has 0 unspecified atom stereocenters. The van der Waals surface area contributed by atoms with Gasteiger partial charge in [-0.2, -0.15) is 0 Å². The monoisotopic (exact) mass is 411 g/mol. The van der Waals surface area contributed by atoms with Gasteiger partial charge in [0.15, 0.2) is 5.11 Å². The van der Waals surface area contributed by atoms with E-state index in [2.05, 4.69) is 10.3 Å². The second-order valence-electron chi connectivity index (χ2n) is 6.79. The number of aliphatic hydroxyl groups is 1. The molecule has 0 atom stereocenters. The summed E-state index contributed by atoms with van der Waals surface area (Å²) in [6.45, 7) is 2.86. The zero-order chi connectivity index (χ0) is 20.8. The van der Waals surface area contributed by atoms with Crippen LogP contribution < -0.4 is 15.6 Å². The summed E-state index contributed by atoms with van der Waals surface area (Å²) in [4.78, 5) is 17.5. The Morgan fingerprint density at radius 2 is 2.03 bits per heavy atom. The number of aromatic nitrogens is 1. The Bertz CT molecular complexity index is 1060. The Morgan fingerprint density at radius 3 is 2.79 bits per heavy atom. The summed E-state index contributed by atoms with van der Waals surface area (Å²) in [6.07, 6.45) is 0.540. The number of thiocarbonyl (C=S) groups is 1. The van der Waals surface area contributed by atoms with Crippen LogP contribution in [0.25, 0.3) is 10.9 Å². The van der Waals surface area contributed by atoms with Gasteiger partial charge in [0.1, 0.15) is 5.75 Å².